The van der Waals surface area contributed by atoms with Gasteiger partial charge in [0.05, 0.1) is 0 Å². The Morgan fingerprint density at radius 3 is 2.78 bits per heavy atom. The smallest absolute Gasteiger partial charge is 0.00861 e. The molecule has 0 saturated carbocycles. The number of rotatable bonds is 4. The minimum atomic E-state index is 0.776. The maximum Gasteiger partial charge on any atom is 0.00861 e. The fourth-order valence-corrected chi connectivity index (χ4v) is 0.953. The quantitative estimate of drug-likeness (QED) is 0.362. The number of hydrogen-bond donors (Lipinski definition) is 0. The van der Waals surface area contributed by atoms with Gasteiger partial charge in [0.1, 0.15) is 0 Å². The van der Waals surface area contributed by atoms with Crippen molar-refractivity contribution < 1.29 is 0 Å². The van der Waals surface area contributed by atoms with Crippen molar-refractivity contribution in [2.24, 2.45) is 5.92 Å². The van der Waals surface area contributed by atoms with E-state index in [9.17, 15) is 0 Å². The van der Waals surface area contributed by atoms with Crippen LogP contribution in [0.4, 0.5) is 0 Å². The molecule has 0 N–H and O–H groups in total. The SMILES string of the molecule is C#CCCCC(C)CBr. The Balaban J connectivity index is 2.99. The Morgan fingerprint density at radius 1 is 1.67 bits per heavy atom. The molecule has 0 aromatic carbocycles. The summed E-state index contributed by atoms with van der Waals surface area (Å²) in [5, 5.41) is 1.09. The fourth-order valence-electron chi connectivity index (χ4n) is 0.630. The Morgan fingerprint density at radius 2 is 2.33 bits per heavy atom. The van der Waals surface area contributed by atoms with Crippen LogP contribution in [0, 0.1) is 18.3 Å². The van der Waals surface area contributed by atoms with Gasteiger partial charge in [-0.25, -0.2) is 0 Å². The van der Waals surface area contributed by atoms with Crippen LogP contribution >= 0.6 is 15.9 Å². The number of terminal acetylenes is 1. The molecule has 52 valence electrons. The van der Waals surface area contributed by atoms with E-state index in [1.54, 1.807) is 0 Å². The molecular formula is C8H13Br. The van der Waals surface area contributed by atoms with Gasteiger partial charge >= 0.3 is 0 Å². The molecule has 9 heavy (non-hydrogen) atoms. The van der Waals surface area contributed by atoms with E-state index < -0.39 is 0 Å². The zero-order valence-electron chi connectivity index (χ0n) is 5.86. The second kappa shape index (κ2) is 6.16. The summed E-state index contributed by atoms with van der Waals surface area (Å²) in [6, 6.07) is 0. The first-order valence-electron chi connectivity index (χ1n) is 3.30. The van der Waals surface area contributed by atoms with Gasteiger partial charge in [-0.05, 0) is 18.8 Å². The number of alkyl halides is 1. The van der Waals surface area contributed by atoms with Crippen molar-refractivity contribution in [2.45, 2.75) is 26.2 Å². The van der Waals surface area contributed by atoms with Gasteiger partial charge in [0.2, 0.25) is 0 Å². The van der Waals surface area contributed by atoms with Crippen LogP contribution in [0.25, 0.3) is 0 Å². The van der Waals surface area contributed by atoms with Crippen LogP contribution in [0.2, 0.25) is 0 Å². The summed E-state index contributed by atoms with van der Waals surface area (Å²) in [7, 11) is 0. The second-order valence-corrected chi connectivity index (χ2v) is 3.00. The van der Waals surface area contributed by atoms with Crippen LogP contribution in [0.15, 0.2) is 0 Å². The third-order valence-electron chi connectivity index (χ3n) is 1.28. The molecule has 0 amide bonds. The van der Waals surface area contributed by atoms with Crippen LogP contribution in [0.5, 0.6) is 0 Å². The van der Waals surface area contributed by atoms with Gasteiger partial charge in [-0.15, -0.1) is 12.3 Å². The van der Waals surface area contributed by atoms with Gasteiger partial charge in [0, 0.05) is 11.8 Å². The van der Waals surface area contributed by atoms with Crippen LogP contribution in [-0.4, -0.2) is 5.33 Å². The highest BCUT2D eigenvalue weighted by Gasteiger charge is 1.96. The van der Waals surface area contributed by atoms with E-state index >= 15 is 0 Å². The summed E-state index contributed by atoms with van der Waals surface area (Å²) in [6.45, 7) is 2.23. The second-order valence-electron chi connectivity index (χ2n) is 2.36. The van der Waals surface area contributed by atoms with Gasteiger partial charge in [0.15, 0.2) is 0 Å². The predicted molar refractivity (Wildman–Crippen MR) is 45.6 cm³/mol. The number of hydrogen-bond acceptors (Lipinski definition) is 0. The van der Waals surface area contributed by atoms with Crippen LogP contribution < -0.4 is 0 Å². The van der Waals surface area contributed by atoms with Crippen molar-refractivity contribution in [1.82, 2.24) is 0 Å². The highest BCUT2D eigenvalue weighted by molar-refractivity contribution is 9.09. The lowest BCUT2D eigenvalue weighted by Gasteiger charge is -2.03. The minimum Gasteiger partial charge on any atom is -0.120 e. The Bertz CT molecular complexity index is 91.2. The highest BCUT2D eigenvalue weighted by Crippen LogP contribution is 2.09. The van der Waals surface area contributed by atoms with E-state index in [1.165, 1.54) is 12.8 Å². The maximum absolute atomic E-state index is 5.09. The zero-order valence-corrected chi connectivity index (χ0v) is 7.45. The lowest BCUT2D eigenvalue weighted by molar-refractivity contribution is 0.574. The normalized spacial score (nSPS) is 12.6. The van der Waals surface area contributed by atoms with Gasteiger partial charge in [0.25, 0.3) is 0 Å². The van der Waals surface area contributed by atoms with Crippen LogP contribution in [0.1, 0.15) is 26.2 Å². The third kappa shape index (κ3) is 5.92. The number of unbranched alkanes of at least 4 members (excludes halogenated alkanes) is 1. The molecule has 0 nitrogen and oxygen atoms in total. The van der Waals surface area contributed by atoms with E-state index in [0.29, 0.717) is 0 Å². The molecule has 0 spiro atoms. The molecule has 1 atom stereocenters. The predicted octanol–water partition coefficient (Wildman–Crippen LogP) is 2.82. The molecular weight excluding hydrogens is 176 g/mol. The molecule has 0 bridgehead atoms. The summed E-state index contributed by atoms with van der Waals surface area (Å²) in [5.74, 6) is 3.41. The lowest BCUT2D eigenvalue weighted by atomic mass is 10.1. The molecule has 1 unspecified atom stereocenters. The van der Waals surface area contributed by atoms with Gasteiger partial charge in [-0.3, -0.25) is 0 Å². The van der Waals surface area contributed by atoms with Gasteiger partial charge in [-0.2, -0.15) is 0 Å². The molecule has 0 aliphatic carbocycles. The maximum atomic E-state index is 5.09. The Hall–Kier alpha value is 0.0400. The molecule has 0 fully saturated rings. The van der Waals surface area contributed by atoms with Crippen molar-refractivity contribution >= 4 is 15.9 Å². The highest BCUT2D eigenvalue weighted by atomic mass is 79.9. The van der Waals surface area contributed by atoms with Crippen LogP contribution in [-0.2, 0) is 0 Å². The molecule has 0 heterocycles. The van der Waals surface area contributed by atoms with Crippen molar-refractivity contribution in [1.29, 1.82) is 0 Å². The first-order chi connectivity index (χ1) is 4.31. The topological polar surface area (TPSA) is 0 Å². The molecule has 0 saturated heterocycles. The molecule has 0 radical (unpaired) electrons. The monoisotopic (exact) mass is 188 g/mol. The summed E-state index contributed by atoms with van der Waals surface area (Å²) in [5.41, 5.74) is 0. The molecule has 0 aliphatic rings. The number of halogens is 1. The van der Waals surface area contributed by atoms with E-state index in [-0.39, 0.29) is 0 Å². The van der Waals surface area contributed by atoms with E-state index in [1.807, 2.05) is 0 Å². The van der Waals surface area contributed by atoms with Crippen molar-refractivity contribution in [3.05, 3.63) is 0 Å². The lowest BCUT2D eigenvalue weighted by Crippen LogP contribution is -1.93. The molecule has 0 aromatic rings. The van der Waals surface area contributed by atoms with E-state index in [0.717, 1.165) is 17.7 Å². The van der Waals surface area contributed by atoms with E-state index in [4.69, 9.17) is 6.42 Å². The molecule has 1 heteroatoms. The first-order valence-corrected chi connectivity index (χ1v) is 4.42. The molecule has 0 aromatic heterocycles. The third-order valence-corrected chi connectivity index (χ3v) is 2.39. The Labute approximate surface area is 66.2 Å². The first kappa shape index (κ1) is 9.04. The van der Waals surface area contributed by atoms with Crippen molar-refractivity contribution in [2.75, 3.05) is 5.33 Å². The fraction of sp³-hybridized carbons (Fsp3) is 0.750. The average molecular weight is 189 g/mol. The van der Waals surface area contributed by atoms with Gasteiger partial charge in [-0.1, -0.05) is 22.9 Å². The minimum absolute atomic E-state index is 0.776. The van der Waals surface area contributed by atoms with Gasteiger partial charge < -0.3 is 0 Å². The van der Waals surface area contributed by atoms with Crippen molar-refractivity contribution in [3.63, 3.8) is 0 Å². The largest absolute Gasteiger partial charge is 0.120 e. The summed E-state index contributed by atoms with van der Waals surface area (Å²) >= 11 is 3.42. The standard InChI is InChI=1S/C8H13Br/c1-3-4-5-6-8(2)7-9/h1,8H,4-7H2,2H3. The summed E-state index contributed by atoms with van der Waals surface area (Å²) in [4.78, 5) is 0. The summed E-state index contributed by atoms with van der Waals surface area (Å²) in [6.07, 6.45) is 8.44. The zero-order chi connectivity index (χ0) is 7.11. The molecule has 0 aliphatic heterocycles. The van der Waals surface area contributed by atoms with Crippen molar-refractivity contribution in [3.8, 4) is 12.3 Å². The molecule has 0 rings (SSSR count). The van der Waals surface area contributed by atoms with Crippen LogP contribution in [0.3, 0.4) is 0 Å². The average Bonchev–Trinajstić information content (AvgIpc) is 1.89. The Kier molecular flexibility index (Phi) is 6.19. The summed E-state index contributed by atoms with van der Waals surface area (Å²) < 4.78 is 0. The van der Waals surface area contributed by atoms with E-state index in [2.05, 4.69) is 28.8 Å².